The second-order valence-electron chi connectivity index (χ2n) is 7.89. The van der Waals surface area contributed by atoms with Gasteiger partial charge >= 0.3 is 0 Å². The normalized spacial score (nSPS) is 18.8. The number of rotatable bonds is 6. The molecule has 0 saturated carbocycles. The van der Waals surface area contributed by atoms with Gasteiger partial charge in [0.1, 0.15) is 17.5 Å². The Morgan fingerprint density at radius 3 is 3.00 bits per heavy atom. The average Bonchev–Trinajstić information content (AvgIpc) is 3.28. The van der Waals surface area contributed by atoms with E-state index in [1.807, 2.05) is 12.1 Å². The number of anilines is 1. The van der Waals surface area contributed by atoms with Crippen LogP contribution in [-0.4, -0.2) is 57.9 Å². The number of hydrogen-bond donors (Lipinski definition) is 2. The number of fused-ring (bicyclic) bond motifs is 1. The molecule has 2 aliphatic rings. The van der Waals surface area contributed by atoms with Crippen LogP contribution < -0.4 is 15.5 Å². The molecule has 1 atom stereocenters. The number of aromatic nitrogens is 4. The van der Waals surface area contributed by atoms with E-state index >= 15 is 0 Å². The standard InChI is InChI=1S/C21H31ClN8.HI/c1-2-23-21(25-12-9-19-28-27-18-8-4-3-5-13-30(18)19)26-16-10-14-29(15-16)20-17(22)7-6-11-24-20;/h6-7,11,16H,2-5,8-10,12-15H2,1H3,(H2,23,25,26);1H. The first kappa shape index (κ1) is 24.0. The fourth-order valence-corrected chi connectivity index (χ4v) is 4.43. The molecule has 4 heterocycles. The lowest BCUT2D eigenvalue weighted by Crippen LogP contribution is -2.44. The van der Waals surface area contributed by atoms with Crippen molar-refractivity contribution in [1.29, 1.82) is 0 Å². The van der Waals surface area contributed by atoms with Crippen molar-refractivity contribution >= 4 is 47.4 Å². The van der Waals surface area contributed by atoms with Crippen LogP contribution in [0.15, 0.2) is 23.3 Å². The van der Waals surface area contributed by atoms with Crippen molar-refractivity contribution < 1.29 is 0 Å². The topological polar surface area (TPSA) is 83.3 Å². The number of aliphatic imine (C=N–C) groups is 1. The molecule has 2 aromatic heterocycles. The summed E-state index contributed by atoms with van der Waals surface area (Å²) in [6, 6.07) is 4.06. The van der Waals surface area contributed by atoms with E-state index in [1.54, 1.807) is 6.20 Å². The minimum atomic E-state index is 0. The molecule has 2 aliphatic heterocycles. The molecule has 0 bridgehead atoms. The van der Waals surface area contributed by atoms with Gasteiger partial charge in [-0.2, -0.15) is 0 Å². The summed E-state index contributed by atoms with van der Waals surface area (Å²) in [7, 11) is 0. The third kappa shape index (κ3) is 6.21. The lowest BCUT2D eigenvalue weighted by molar-refractivity contribution is 0.603. The molecule has 170 valence electrons. The number of guanidine groups is 1. The summed E-state index contributed by atoms with van der Waals surface area (Å²) in [4.78, 5) is 11.5. The third-order valence-electron chi connectivity index (χ3n) is 5.70. The van der Waals surface area contributed by atoms with Crippen LogP contribution in [0.4, 0.5) is 5.82 Å². The molecule has 0 amide bonds. The number of nitrogens with one attached hydrogen (secondary N) is 2. The van der Waals surface area contributed by atoms with E-state index < -0.39 is 0 Å². The largest absolute Gasteiger partial charge is 0.357 e. The third-order valence-corrected chi connectivity index (χ3v) is 6.00. The van der Waals surface area contributed by atoms with E-state index in [1.165, 1.54) is 19.3 Å². The van der Waals surface area contributed by atoms with Gasteiger partial charge in [0.2, 0.25) is 0 Å². The Balaban J connectivity index is 0.00000272. The van der Waals surface area contributed by atoms with E-state index in [0.717, 1.165) is 68.9 Å². The Labute approximate surface area is 206 Å². The molecule has 0 aliphatic carbocycles. The van der Waals surface area contributed by atoms with Crippen LogP contribution >= 0.6 is 35.6 Å². The number of pyridine rings is 1. The predicted molar refractivity (Wildman–Crippen MR) is 136 cm³/mol. The Hall–Kier alpha value is -1.62. The maximum Gasteiger partial charge on any atom is 0.191 e. The summed E-state index contributed by atoms with van der Waals surface area (Å²) in [6.07, 6.45) is 8.37. The molecule has 1 fully saturated rings. The zero-order chi connectivity index (χ0) is 20.8. The van der Waals surface area contributed by atoms with Crippen LogP contribution in [0.3, 0.4) is 0 Å². The van der Waals surface area contributed by atoms with Crippen LogP contribution in [0.1, 0.15) is 44.3 Å². The molecular weight excluding hydrogens is 527 g/mol. The van der Waals surface area contributed by atoms with E-state index in [0.29, 0.717) is 17.6 Å². The molecular formula is C21H32ClIN8. The van der Waals surface area contributed by atoms with Crippen LogP contribution in [-0.2, 0) is 19.4 Å². The fraction of sp³-hybridized carbons (Fsp3) is 0.619. The highest BCUT2D eigenvalue weighted by atomic mass is 127. The van der Waals surface area contributed by atoms with E-state index in [9.17, 15) is 0 Å². The highest BCUT2D eigenvalue weighted by Gasteiger charge is 2.25. The molecule has 2 N–H and O–H groups in total. The zero-order valence-corrected chi connectivity index (χ0v) is 21.1. The summed E-state index contributed by atoms with van der Waals surface area (Å²) in [5.41, 5.74) is 0. The summed E-state index contributed by atoms with van der Waals surface area (Å²) in [6.45, 7) is 6.43. The van der Waals surface area contributed by atoms with Crippen molar-refractivity contribution in [2.75, 3.05) is 31.1 Å². The molecule has 1 unspecified atom stereocenters. The maximum atomic E-state index is 6.31. The fourth-order valence-electron chi connectivity index (χ4n) is 4.19. The van der Waals surface area contributed by atoms with Crippen molar-refractivity contribution in [2.45, 2.75) is 58.0 Å². The average molecular weight is 559 g/mol. The summed E-state index contributed by atoms with van der Waals surface area (Å²) in [5.74, 6) is 3.91. The van der Waals surface area contributed by atoms with Crippen LogP contribution in [0.2, 0.25) is 5.02 Å². The molecule has 10 heteroatoms. The van der Waals surface area contributed by atoms with Gasteiger partial charge in [0.15, 0.2) is 5.96 Å². The Morgan fingerprint density at radius 2 is 2.16 bits per heavy atom. The molecule has 0 aromatic carbocycles. The highest BCUT2D eigenvalue weighted by Crippen LogP contribution is 2.25. The van der Waals surface area contributed by atoms with Gasteiger partial charge in [-0.15, -0.1) is 34.2 Å². The summed E-state index contributed by atoms with van der Waals surface area (Å²) < 4.78 is 2.30. The SMILES string of the molecule is CCNC(=NCCc1nnc2n1CCCCC2)NC1CCN(c2ncccc2Cl)C1.I. The lowest BCUT2D eigenvalue weighted by atomic mass is 10.2. The number of aryl methyl sites for hydroxylation is 1. The van der Waals surface area contributed by atoms with Crippen LogP contribution in [0.25, 0.3) is 0 Å². The van der Waals surface area contributed by atoms with Gasteiger partial charge in [-0.1, -0.05) is 18.0 Å². The number of halogens is 2. The van der Waals surface area contributed by atoms with Gasteiger partial charge < -0.3 is 20.1 Å². The van der Waals surface area contributed by atoms with Crippen molar-refractivity contribution in [2.24, 2.45) is 4.99 Å². The van der Waals surface area contributed by atoms with E-state index in [-0.39, 0.29) is 24.0 Å². The molecule has 0 radical (unpaired) electrons. The quantitative estimate of drug-likeness (QED) is 0.322. The first-order chi connectivity index (χ1) is 14.7. The van der Waals surface area contributed by atoms with Gasteiger partial charge in [-0.25, -0.2) is 4.98 Å². The Kier molecular flexibility index (Phi) is 9.18. The Morgan fingerprint density at radius 1 is 1.26 bits per heavy atom. The molecule has 8 nitrogen and oxygen atoms in total. The minimum absolute atomic E-state index is 0. The summed E-state index contributed by atoms with van der Waals surface area (Å²) in [5, 5.41) is 16.4. The summed E-state index contributed by atoms with van der Waals surface area (Å²) >= 11 is 6.31. The molecule has 1 saturated heterocycles. The predicted octanol–water partition coefficient (Wildman–Crippen LogP) is 3.05. The first-order valence-electron chi connectivity index (χ1n) is 11.1. The highest BCUT2D eigenvalue weighted by molar-refractivity contribution is 14.0. The van der Waals surface area contributed by atoms with Crippen LogP contribution in [0, 0.1) is 0 Å². The van der Waals surface area contributed by atoms with Crippen molar-refractivity contribution in [1.82, 2.24) is 30.4 Å². The Bertz CT molecular complexity index is 871. The van der Waals surface area contributed by atoms with Crippen molar-refractivity contribution in [3.05, 3.63) is 35.0 Å². The molecule has 2 aromatic rings. The van der Waals surface area contributed by atoms with Crippen molar-refractivity contribution in [3.63, 3.8) is 0 Å². The zero-order valence-electron chi connectivity index (χ0n) is 18.1. The smallest absolute Gasteiger partial charge is 0.191 e. The maximum absolute atomic E-state index is 6.31. The van der Waals surface area contributed by atoms with Gasteiger partial charge in [0.05, 0.1) is 5.02 Å². The monoisotopic (exact) mass is 558 g/mol. The van der Waals surface area contributed by atoms with E-state index in [4.69, 9.17) is 16.6 Å². The minimum Gasteiger partial charge on any atom is -0.357 e. The second-order valence-corrected chi connectivity index (χ2v) is 8.30. The molecule has 0 spiro atoms. The van der Waals surface area contributed by atoms with Gasteiger partial charge in [0, 0.05) is 57.8 Å². The first-order valence-corrected chi connectivity index (χ1v) is 11.4. The number of hydrogen-bond acceptors (Lipinski definition) is 5. The molecule has 4 rings (SSSR count). The van der Waals surface area contributed by atoms with E-state index in [2.05, 4.69) is 42.2 Å². The molecule has 31 heavy (non-hydrogen) atoms. The van der Waals surface area contributed by atoms with Gasteiger partial charge in [-0.3, -0.25) is 4.99 Å². The second kappa shape index (κ2) is 11.8. The van der Waals surface area contributed by atoms with Gasteiger partial charge in [-0.05, 0) is 38.3 Å². The van der Waals surface area contributed by atoms with Gasteiger partial charge in [0.25, 0.3) is 0 Å². The van der Waals surface area contributed by atoms with Crippen molar-refractivity contribution in [3.8, 4) is 0 Å². The number of nitrogens with zero attached hydrogens (tertiary/aromatic N) is 6. The lowest BCUT2D eigenvalue weighted by Gasteiger charge is -2.20. The van der Waals surface area contributed by atoms with Crippen LogP contribution in [0.5, 0.6) is 0 Å².